The Morgan fingerprint density at radius 2 is 1.52 bits per heavy atom. The molecule has 0 radical (unpaired) electrons. The Bertz CT molecular complexity index is 860. The second-order valence-electron chi connectivity index (χ2n) is 8.26. The molecule has 2 aromatic carbocycles. The second-order valence-corrected chi connectivity index (χ2v) is 8.26. The molecule has 4 nitrogen and oxygen atoms in total. The number of piperidine rings is 1. The summed E-state index contributed by atoms with van der Waals surface area (Å²) >= 11 is 0. The number of rotatable bonds is 5. The molecule has 4 heteroatoms. The molecule has 0 spiro atoms. The predicted octanol–water partition coefficient (Wildman–Crippen LogP) is 3.58. The van der Waals surface area contributed by atoms with Crippen LogP contribution in [0.15, 0.2) is 85.2 Å². The van der Waals surface area contributed by atoms with Gasteiger partial charge in [-0.1, -0.05) is 60.7 Å². The molecule has 5 rings (SSSR count). The Hall–Kier alpha value is -2.53. The maximum atomic E-state index is 4.16. The largest absolute Gasteiger partial charge is 0.299 e. The van der Waals surface area contributed by atoms with Crippen molar-refractivity contribution in [2.45, 2.75) is 31.0 Å². The minimum Gasteiger partial charge on any atom is -0.299 e. The molecule has 3 heterocycles. The zero-order valence-corrected chi connectivity index (χ0v) is 16.6. The van der Waals surface area contributed by atoms with E-state index in [1.807, 2.05) is 12.4 Å². The van der Waals surface area contributed by atoms with Crippen molar-refractivity contribution in [3.8, 4) is 0 Å². The molecule has 0 bridgehead atoms. The molecule has 2 aliphatic heterocycles. The third kappa shape index (κ3) is 3.97. The number of nitrogens with one attached hydrogen (secondary N) is 2. The molecule has 3 aromatic rings. The van der Waals surface area contributed by atoms with Gasteiger partial charge in [-0.3, -0.25) is 20.7 Å². The zero-order chi connectivity index (χ0) is 19.5. The van der Waals surface area contributed by atoms with Gasteiger partial charge in [-0.05, 0) is 35.2 Å². The van der Waals surface area contributed by atoms with Crippen molar-refractivity contribution in [2.75, 3.05) is 13.1 Å². The van der Waals surface area contributed by atoms with Crippen LogP contribution in [0.3, 0.4) is 0 Å². The normalized spacial score (nSPS) is 24.5. The second kappa shape index (κ2) is 8.46. The van der Waals surface area contributed by atoms with Crippen molar-refractivity contribution in [2.24, 2.45) is 5.92 Å². The van der Waals surface area contributed by atoms with Gasteiger partial charge in [0.15, 0.2) is 0 Å². The number of benzene rings is 2. The standard InChI is InChI=1S/C25H28N4/c1-3-7-20(8-4-1)24(21-9-5-2-6-10-21)25-22-18-29(16-13-23(22)27-28-25)17-19-11-14-26-15-12-19/h1-12,14-15,22-25,27-28H,13,16-18H2. The van der Waals surface area contributed by atoms with Crippen molar-refractivity contribution >= 4 is 0 Å². The summed E-state index contributed by atoms with van der Waals surface area (Å²) < 4.78 is 0. The van der Waals surface area contributed by atoms with E-state index in [-0.39, 0.29) is 0 Å². The molecule has 2 aliphatic rings. The first-order valence-corrected chi connectivity index (χ1v) is 10.6. The summed E-state index contributed by atoms with van der Waals surface area (Å²) in [5.41, 5.74) is 11.4. The van der Waals surface area contributed by atoms with E-state index < -0.39 is 0 Å². The van der Waals surface area contributed by atoms with Gasteiger partial charge in [0, 0.05) is 55.9 Å². The molecule has 29 heavy (non-hydrogen) atoms. The lowest BCUT2D eigenvalue weighted by Crippen LogP contribution is -2.47. The van der Waals surface area contributed by atoms with Gasteiger partial charge in [0.05, 0.1) is 0 Å². The first-order valence-electron chi connectivity index (χ1n) is 10.6. The highest BCUT2D eigenvalue weighted by atomic mass is 15.4. The van der Waals surface area contributed by atoms with E-state index in [1.54, 1.807) is 0 Å². The average molecular weight is 385 g/mol. The van der Waals surface area contributed by atoms with Crippen LogP contribution in [0.1, 0.15) is 29.0 Å². The lowest BCUT2D eigenvalue weighted by molar-refractivity contribution is 0.145. The lowest BCUT2D eigenvalue weighted by atomic mass is 9.76. The smallest absolute Gasteiger partial charge is 0.0378 e. The van der Waals surface area contributed by atoms with Crippen LogP contribution in [0.5, 0.6) is 0 Å². The van der Waals surface area contributed by atoms with E-state index in [0.29, 0.717) is 23.9 Å². The van der Waals surface area contributed by atoms with Crippen LogP contribution >= 0.6 is 0 Å². The third-order valence-electron chi connectivity index (χ3n) is 6.47. The summed E-state index contributed by atoms with van der Waals surface area (Å²) in [6, 6.07) is 27.1. The van der Waals surface area contributed by atoms with Crippen molar-refractivity contribution < 1.29 is 0 Å². The van der Waals surface area contributed by atoms with Crippen molar-refractivity contribution in [3.63, 3.8) is 0 Å². The summed E-state index contributed by atoms with van der Waals surface area (Å²) in [6.07, 6.45) is 4.96. The third-order valence-corrected chi connectivity index (χ3v) is 6.47. The first kappa shape index (κ1) is 18.5. The Labute approximate surface area is 173 Å². The minimum absolute atomic E-state index is 0.334. The molecular weight excluding hydrogens is 356 g/mol. The van der Waals surface area contributed by atoms with E-state index in [0.717, 1.165) is 19.6 Å². The van der Waals surface area contributed by atoms with Crippen molar-refractivity contribution in [3.05, 3.63) is 102 Å². The number of hydrogen-bond acceptors (Lipinski definition) is 4. The van der Waals surface area contributed by atoms with Crippen LogP contribution in [0, 0.1) is 5.92 Å². The highest BCUT2D eigenvalue weighted by Gasteiger charge is 2.43. The van der Waals surface area contributed by atoms with Gasteiger partial charge in [-0.25, -0.2) is 0 Å². The molecule has 1 aromatic heterocycles. The van der Waals surface area contributed by atoms with Crippen LogP contribution in [0.25, 0.3) is 0 Å². The Morgan fingerprint density at radius 1 is 0.862 bits per heavy atom. The molecule has 2 saturated heterocycles. The van der Waals surface area contributed by atoms with Crippen LogP contribution in [-0.2, 0) is 6.54 Å². The van der Waals surface area contributed by atoms with Crippen molar-refractivity contribution in [1.29, 1.82) is 0 Å². The fourth-order valence-corrected chi connectivity index (χ4v) is 5.05. The Morgan fingerprint density at radius 3 is 2.17 bits per heavy atom. The van der Waals surface area contributed by atoms with E-state index in [2.05, 4.69) is 93.5 Å². The molecule has 3 unspecified atom stereocenters. The monoisotopic (exact) mass is 384 g/mol. The Kier molecular flexibility index (Phi) is 5.39. The predicted molar refractivity (Wildman–Crippen MR) is 116 cm³/mol. The van der Waals surface area contributed by atoms with E-state index in [1.165, 1.54) is 23.1 Å². The summed E-state index contributed by atoms with van der Waals surface area (Å²) in [6.45, 7) is 3.24. The quantitative estimate of drug-likeness (QED) is 0.705. The molecule has 148 valence electrons. The van der Waals surface area contributed by atoms with Crippen LogP contribution in [0.4, 0.5) is 0 Å². The van der Waals surface area contributed by atoms with Gasteiger partial charge in [-0.2, -0.15) is 0 Å². The number of nitrogens with zero attached hydrogens (tertiary/aromatic N) is 2. The Balaban J connectivity index is 1.41. The fourth-order valence-electron chi connectivity index (χ4n) is 5.05. The SMILES string of the molecule is c1ccc(C(c2ccccc2)C2NNC3CCN(Cc4ccncc4)CC32)cc1. The molecule has 3 atom stereocenters. The number of pyridine rings is 1. The maximum absolute atomic E-state index is 4.16. The van der Waals surface area contributed by atoms with Crippen LogP contribution < -0.4 is 10.9 Å². The van der Waals surface area contributed by atoms with E-state index in [4.69, 9.17) is 0 Å². The maximum Gasteiger partial charge on any atom is 0.0378 e. The lowest BCUT2D eigenvalue weighted by Gasteiger charge is -2.38. The number of aromatic nitrogens is 1. The molecule has 2 fully saturated rings. The van der Waals surface area contributed by atoms with E-state index in [9.17, 15) is 0 Å². The van der Waals surface area contributed by atoms with Gasteiger partial charge in [0.2, 0.25) is 0 Å². The fraction of sp³-hybridized carbons (Fsp3) is 0.320. The zero-order valence-electron chi connectivity index (χ0n) is 16.6. The number of likely N-dealkylation sites (tertiary alicyclic amines) is 1. The highest BCUT2D eigenvalue weighted by Crippen LogP contribution is 2.37. The first-order chi connectivity index (χ1) is 14.4. The average Bonchev–Trinajstić information content (AvgIpc) is 3.19. The van der Waals surface area contributed by atoms with E-state index >= 15 is 0 Å². The molecule has 2 N–H and O–H groups in total. The molecule has 0 aliphatic carbocycles. The van der Waals surface area contributed by atoms with Gasteiger partial charge >= 0.3 is 0 Å². The summed E-state index contributed by atoms with van der Waals surface area (Å²) in [5, 5.41) is 0. The number of hydrogen-bond donors (Lipinski definition) is 2. The van der Waals surface area contributed by atoms with Crippen LogP contribution in [-0.4, -0.2) is 35.1 Å². The summed E-state index contributed by atoms with van der Waals surface area (Å²) in [7, 11) is 0. The summed E-state index contributed by atoms with van der Waals surface area (Å²) in [4.78, 5) is 6.76. The van der Waals surface area contributed by atoms with Crippen LogP contribution in [0.2, 0.25) is 0 Å². The number of fused-ring (bicyclic) bond motifs is 1. The molecule has 0 saturated carbocycles. The molecule has 0 amide bonds. The van der Waals surface area contributed by atoms with Crippen molar-refractivity contribution in [1.82, 2.24) is 20.7 Å². The van der Waals surface area contributed by atoms with Gasteiger partial charge in [0.1, 0.15) is 0 Å². The summed E-state index contributed by atoms with van der Waals surface area (Å²) in [5.74, 6) is 0.900. The number of hydrazine groups is 1. The topological polar surface area (TPSA) is 40.2 Å². The minimum atomic E-state index is 0.334. The van der Waals surface area contributed by atoms with Gasteiger partial charge in [-0.15, -0.1) is 0 Å². The molecular formula is C25H28N4. The highest BCUT2D eigenvalue weighted by molar-refractivity contribution is 5.35. The van der Waals surface area contributed by atoms with Gasteiger partial charge < -0.3 is 0 Å². The van der Waals surface area contributed by atoms with Gasteiger partial charge in [0.25, 0.3) is 0 Å².